The minimum Gasteiger partial charge on any atom is -0.497 e. The molecule has 1 saturated carbocycles. The molecule has 1 aromatic rings. The highest BCUT2D eigenvalue weighted by Gasteiger charge is 2.22. The third kappa shape index (κ3) is 5.63. The number of nitrogens with zero attached hydrogens (tertiary/aromatic N) is 1. The average molecular weight is 345 g/mol. The van der Waals surface area contributed by atoms with Crippen molar-refractivity contribution < 1.29 is 9.53 Å². The lowest BCUT2D eigenvalue weighted by Gasteiger charge is -2.33. The smallest absolute Gasteiger partial charge is 0.315 e. The Hall–Kier alpha value is -1.75. The van der Waals surface area contributed by atoms with Crippen LogP contribution in [0.3, 0.4) is 0 Å². The minimum atomic E-state index is 0.0282. The van der Waals surface area contributed by atoms with Crippen LogP contribution in [0.4, 0.5) is 4.79 Å². The lowest BCUT2D eigenvalue weighted by Crippen LogP contribution is -2.50. The number of rotatable bonds is 5. The van der Waals surface area contributed by atoms with Gasteiger partial charge >= 0.3 is 6.03 Å². The van der Waals surface area contributed by atoms with Crippen LogP contribution in [0, 0.1) is 0 Å². The number of urea groups is 1. The van der Waals surface area contributed by atoms with E-state index in [1.54, 1.807) is 7.11 Å². The number of carbonyl (C=O) groups is 1. The molecular weight excluding hydrogens is 314 g/mol. The van der Waals surface area contributed by atoms with Crippen molar-refractivity contribution in [1.29, 1.82) is 0 Å². The van der Waals surface area contributed by atoms with Gasteiger partial charge in [0.15, 0.2) is 0 Å². The van der Waals surface area contributed by atoms with Gasteiger partial charge in [-0.25, -0.2) is 4.79 Å². The molecule has 0 unspecified atom stereocenters. The fourth-order valence-corrected chi connectivity index (χ4v) is 3.88. The largest absolute Gasteiger partial charge is 0.497 e. The Morgan fingerprint density at radius 2 is 1.60 bits per heavy atom. The summed E-state index contributed by atoms with van der Waals surface area (Å²) in [6, 6.07) is 8.99. The van der Waals surface area contributed by atoms with Crippen LogP contribution in [0.25, 0.3) is 0 Å². The molecule has 1 aromatic carbocycles. The van der Waals surface area contributed by atoms with Gasteiger partial charge in [-0.3, -0.25) is 4.90 Å². The van der Waals surface area contributed by atoms with Gasteiger partial charge in [0.25, 0.3) is 0 Å². The van der Waals surface area contributed by atoms with Gasteiger partial charge in [0, 0.05) is 31.7 Å². The van der Waals surface area contributed by atoms with Crippen molar-refractivity contribution >= 4 is 6.03 Å². The normalized spacial score (nSPS) is 20.2. The van der Waals surface area contributed by atoms with Crippen LogP contribution in [0.2, 0.25) is 0 Å². The Morgan fingerprint density at radius 1 is 1.00 bits per heavy atom. The number of hydrogen-bond donors (Lipinski definition) is 2. The van der Waals surface area contributed by atoms with Gasteiger partial charge in [-0.05, 0) is 43.4 Å². The van der Waals surface area contributed by atoms with E-state index in [0.29, 0.717) is 12.1 Å². The molecule has 1 saturated heterocycles. The highest BCUT2D eigenvalue weighted by atomic mass is 16.5. The van der Waals surface area contributed by atoms with Crippen LogP contribution in [-0.4, -0.2) is 43.2 Å². The molecular formula is C20H31N3O2. The van der Waals surface area contributed by atoms with Crippen LogP contribution in [0.1, 0.15) is 50.5 Å². The van der Waals surface area contributed by atoms with E-state index in [2.05, 4.69) is 27.7 Å². The van der Waals surface area contributed by atoms with Crippen molar-refractivity contribution in [1.82, 2.24) is 15.5 Å². The SMILES string of the molecule is COc1ccc(CN2CCC(NC(=O)NC3CCCCC3)CC2)cc1. The van der Waals surface area contributed by atoms with Gasteiger partial charge in [-0.2, -0.15) is 0 Å². The molecule has 5 heteroatoms. The molecule has 0 bridgehead atoms. The molecule has 3 rings (SSSR count). The average Bonchev–Trinajstić information content (AvgIpc) is 2.65. The number of carbonyl (C=O) groups excluding carboxylic acids is 1. The number of ether oxygens (including phenoxy) is 1. The summed E-state index contributed by atoms with van der Waals surface area (Å²) < 4.78 is 5.20. The van der Waals surface area contributed by atoms with Gasteiger partial charge in [0.2, 0.25) is 0 Å². The molecule has 0 radical (unpaired) electrons. The number of amides is 2. The molecule has 1 aliphatic heterocycles. The summed E-state index contributed by atoms with van der Waals surface area (Å²) in [7, 11) is 1.69. The molecule has 5 nitrogen and oxygen atoms in total. The van der Waals surface area contributed by atoms with Crippen LogP contribution in [0.15, 0.2) is 24.3 Å². The second-order valence-corrected chi connectivity index (χ2v) is 7.35. The fourth-order valence-electron chi connectivity index (χ4n) is 3.88. The molecule has 2 amide bonds. The predicted molar refractivity (Wildman–Crippen MR) is 99.8 cm³/mol. The van der Waals surface area contributed by atoms with E-state index in [1.807, 2.05) is 12.1 Å². The molecule has 1 aliphatic carbocycles. The van der Waals surface area contributed by atoms with Gasteiger partial charge < -0.3 is 15.4 Å². The van der Waals surface area contributed by atoms with E-state index >= 15 is 0 Å². The molecule has 2 fully saturated rings. The molecule has 2 N–H and O–H groups in total. The highest BCUT2D eigenvalue weighted by molar-refractivity contribution is 5.74. The highest BCUT2D eigenvalue weighted by Crippen LogP contribution is 2.18. The third-order valence-electron chi connectivity index (χ3n) is 5.43. The van der Waals surface area contributed by atoms with Crippen molar-refractivity contribution in [3.63, 3.8) is 0 Å². The summed E-state index contributed by atoms with van der Waals surface area (Å²) in [6.45, 7) is 3.02. The van der Waals surface area contributed by atoms with Crippen molar-refractivity contribution in [2.45, 2.75) is 63.6 Å². The van der Waals surface area contributed by atoms with Gasteiger partial charge in [0.05, 0.1) is 7.11 Å². The van der Waals surface area contributed by atoms with E-state index in [0.717, 1.165) is 51.1 Å². The number of nitrogens with one attached hydrogen (secondary N) is 2. The Morgan fingerprint density at radius 3 is 2.20 bits per heavy atom. The summed E-state index contributed by atoms with van der Waals surface area (Å²) in [6.07, 6.45) is 8.11. The lowest BCUT2D eigenvalue weighted by molar-refractivity contribution is 0.184. The predicted octanol–water partition coefficient (Wildman–Crippen LogP) is 3.29. The molecule has 138 valence electrons. The Bertz CT molecular complexity index is 532. The van der Waals surface area contributed by atoms with E-state index in [-0.39, 0.29) is 6.03 Å². The van der Waals surface area contributed by atoms with Crippen LogP contribution >= 0.6 is 0 Å². The Kier molecular flexibility index (Phi) is 6.56. The van der Waals surface area contributed by atoms with Gasteiger partial charge in [-0.1, -0.05) is 31.4 Å². The summed E-state index contributed by atoms with van der Waals surface area (Å²) in [5.41, 5.74) is 1.31. The van der Waals surface area contributed by atoms with E-state index in [9.17, 15) is 4.79 Å². The monoisotopic (exact) mass is 345 g/mol. The van der Waals surface area contributed by atoms with Crippen molar-refractivity contribution in [3.8, 4) is 5.75 Å². The Labute approximate surface area is 151 Å². The number of piperidine rings is 1. The number of methoxy groups -OCH3 is 1. The maximum absolute atomic E-state index is 12.2. The summed E-state index contributed by atoms with van der Waals surface area (Å²) in [4.78, 5) is 14.6. The summed E-state index contributed by atoms with van der Waals surface area (Å²) >= 11 is 0. The molecule has 0 spiro atoms. The van der Waals surface area contributed by atoms with Gasteiger partial charge in [-0.15, -0.1) is 0 Å². The van der Waals surface area contributed by atoms with Crippen molar-refractivity contribution in [2.24, 2.45) is 0 Å². The van der Waals surface area contributed by atoms with E-state index < -0.39 is 0 Å². The quantitative estimate of drug-likeness (QED) is 0.861. The number of likely N-dealkylation sites (tertiary alicyclic amines) is 1. The third-order valence-corrected chi connectivity index (χ3v) is 5.43. The zero-order chi connectivity index (χ0) is 17.5. The first-order chi connectivity index (χ1) is 12.2. The molecule has 25 heavy (non-hydrogen) atoms. The van der Waals surface area contributed by atoms with E-state index in [4.69, 9.17) is 4.74 Å². The first-order valence-electron chi connectivity index (χ1n) is 9.65. The fraction of sp³-hybridized carbons (Fsp3) is 0.650. The molecule has 2 aliphatic rings. The zero-order valence-electron chi connectivity index (χ0n) is 15.3. The second-order valence-electron chi connectivity index (χ2n) is 7.35. The maximum atomic E-state index is 12.2. The second kappa shape index (κ2) is 9.09. The first kappa shape index (κ1) is 18.1. The van der Waals surface area contributed by atoms with Crippen LogP contribution in [-0.2, 0) is 6.54 Å². The van der Waals surface area contributed by atoms with Crippen LogP contribution in [0.5, 0.6) is 5.75 Å². The zero-order valence-corrected chi connectivity index (χ0v) is 15.3. The van der Waals surface area contributed by atoms with Crippen molar-refractivity contribution in [2.75, 3.05) is 20.2 Å². The molecule has 0 atom stereocenters. The summed E-state index contributed by atoms with van der Waals surface area (Å²) in [5.74, 6) is 0.899. The standard InChI is InChI=1S/C20H31N3O2/c1-25-19-9-7-16(8-10-19)15-23-13-11-18(12-14-23)22-20(24)21-17-5-3-2-4-6-17/h7-10,17-18H,2-6,11-15H2,1H3,(H2,21,22,24). The van der Waals surface area contributed by atoms with E-state index in [1.165, 1.54) is 24.8 Å². The topological polar surface area (TPSA) is 53.6 Å². The van der Waals surface area contributed by atoms with Gasteiger partial charge in [0.1, 0.15) is 5.75 Å². The number of hydrogen-bond acceptors (Lipinski definition) is 3. The Balaban J connectivity index is 1.36. The van der Waals surface area contributed by atoms with Crippen LogP contribution < -0.4 is 15.4 Å². The first-order valence-corrected chi connectivity index (χ1v) is 9.65. The molecule has 1 heterocycles. The number of benzene rings is 1. The van der Waals surface area contributed by atoms with Crippen molar-refractivity contribution in [3.05, 3.63) is 29.8 Å². The lowest BCUT2D eigenvalue weighted by atomic mass is 9.96. The molecule has 0 aromatic heterocycles. The maximum Gasteiger partial charge on any atom is 0.315 e. The minimum absolute atomic E-state index is 0.0282. The summed E-state index contributed by atoms with van der Waals surface area (Å²) in [5, 5.41) is 6.32.